The van der Waals surface area contributed by atoms with Crippen molar-refractivity contribution >= 4 is 5.78 Å². The molecule has 0 spiro atoms. The van der Waals surface area contributed by atoms with Crippen LogP contribution < -0.4 is 0 Å². The highest BCUT2D eigenvalue weighted by molar-refractivity contribution is 5.88. The predicted molar refractivity (Wildman–Crippen MR) is 106 cm³/mol. The van der Waals surface area contributed by atoms with Crippen molar-refractivity contribution in [1.29, 1.82) is 0 Å². The van der Waals surface area contributed by atoms with Gasteiger partial charge in [-0.25, -0.2) is 0 Å². The van der Waals surface area contributed by atoms with Crippen molar-refractivity contribution in [3.63, 3.8) is 0 Å². The second kappa shape index (κ2) is 10.5. The first kappa shape index (κ1) is 25.0. The van der Waals surface area contributed by atoms with Gasteiger partial charge >= 0.3 is 0 Å². The van der Waals surface area contributed by atoms with Crippen LogP contribution in [0.4, 0.5) is 0 Å². The van der Waals surface area contributed by atoms with Gasteiger partial charge in [0, 0.05) is 0 Å². The molecule has 0 bridgehead atoms. The van der Waals surface area contributed by atoms with Gasteiger partial charge in [-0.15, -0.1) is 0 Å². The minimum absolute atomic E-state index is 0.165. The molecule has 8 atom stereocenters. The molecule has 2 saturated heterocycles. The number of ketones is 1. The Kier molecular flexibility index (Phi) is 8.20. The number of aromatic hydroxyl groups is 1. The zero-order valence-corrected chi connectivity index (χ0v) is 17.6. The zero-order chi connectivity index (χ0) is 23.5. The maximum atomic E-state index is 12.3. The van der Waals surface area contributed by atoms with Crippen molar-refractivity contribution < 1.29 is 54.4 Å². The molecule has 0 aliphatic carbocycles. The SMILES string of the molecule is C[C@@H](CCc1ccc(O)cc1)O[C@@H]1O[C@H](CO[C@@H]2OC[C@](O)(CO)[C@H]2O)[C@@H](O)C(=O)[C@H]1O. The van der Waals surface area contributed by atoms with E-state index >= 15 is 0 Å². The number of phenolic OH excluding ortho intramolecular Hbond substituents is 1. The summed E-state index contributed by atoms with van der Waals surface area (Å²) < 4.78 is 21.7. The summed E-state index contributed by atoms with van der Waals surface area (Å²) in [6.45, 7) is 0.255. The standard InChI is InChI=1S/C21H30O11/c1-11(2-3-12-4-6-13(23)7-5-12)31-19-17(26)16(25)15(24)14(32-19)8-29-20-18(27)21(28,9-22)10-30-20/h4-7,11,14-15,17-20,22-24,26-28H,2-3,8-10H2,1H3/t11-,14+,15+,17+,18-,19+,20+,21+/m0/s1. The number of carbonyl (C=O) groups excluding carboxylic acids is 1. The number of aliphatic hydroxyl groups is 5. The molecule has 2 heterocycles. The number of rotatable bonds is 9. The normalized spacial score (nSPS) is 36.4. The van der Waals surface area contributed by atoms with E-state index in [0.717, 1.165) is 5.56 Å². The Labute approximate surface area is 184 Å². The zero-order valence-electron chi connectivity index (χ0n) is 17.6. The first-order chi connectivity index (χ1) is 15.1. The molecule has 11 heteroatoms. The second-order valence-corrected chi connectivity index (χ2v) is 8.21. The van der Waals surface area contributed by atoms with E-state index in [-0.39, 0.29) is 12.4 Å². The summed E-state index contributed by atoms with van der Waals surface area (Å²) in [6, 6.07) is 6.70. The van der Waals surface area contributed by atoms with E-state index in [9.17, 15) is 35.4 Å². The summed E-state index contributed by atoms with van der Waals surface area (Å²) in [6.07, 6.45) is -8.01. The molecule has 3 rings (SSSR count). The number of hydrogen-bond acceptors (Lipinski definition) is 11. The molecule has 11 nitrogen and oxygen atoms in total. The van der Waals surface area contributed by atoms with Crippen LogP contribution in [-0.2, 0) is 30.2 Å². The lowest BCUT2D eigenvalue weighted by Gasteiger charge is -2.37. The van der Waals surface area contributed by atoms with Gasteiger partial charge in [-0.3, -0.25) is 4.79 Å². The van der Waals surface area contributed by atoms with Gasteiger partial charge in [0.25, 0.3) is 0 Å². The van der Waals surface area contributed by atoms with Crippen LogP contribution >= 0.6 is 0 Å². The van der Waals surface area contributed by atoms with Crippen LogP contribution in [0.2, 0.25) is 0 Å². The van der Waals surface area contributed by atoms with Crippen molar-refractivity contribution in [3.05, 3.63) is 29.8 Å². The fraction of sp³-hybridized carbons (Fsp3) is 0.667. The third kappa shape index (κ3) is 5.63. The van der Waals surface area contributed by atoms with Crippen molar-refractivity contribution in [2.75, 3.05) is 19.8 Å². The van der Waals surface area contributed by atoms with E-state index in [1.54, 1.807) is 31.2 Å². The Morgan fingerprint density at radius 1 is 1.16 bits per heavy atom. The molecular weight excluding hydrogens is 428 g/mol. The average Bonchev–Trinajstić information content (AvgIpc) is 3.07. The molecule has 1 aromatic carbocycles. The van der Waals surface area contributed by atoms with Crippen LogP contribution in [0.3, 0.4) is 0 Å². The van der Waals surface area contributed by atoms with Crippen LogP contribution in [0.1, 0.15) is 18.9 Å². The molecule has 2 aliphatic rings. The molecule has 32 heavy (non-hydrogen) atoms. The molecule has 0 amide bonds. The first-order valence-electron chi connectivity index (χ1n) is 10.4. The first-order valence-corrected chi connectivity index (χ1v) is 10.4. The smallest absolute Gasteiger partial charge is 0.197 e. The number of ether oxygens (including phenoxy) is 4. The van der Waals surface area contributed by atoms with Gasteiger partial charge in [0.05, 0.1) is 25.9 Å². The third-order valence-electron chi connectivity index (χ3n) is 5.65. The van der Waals surface area contributed by atoms with Crippen LogP contribution in [0.25, 0.3) is 0 Å². The van der Waals surface area contributed by atoms with E-state index in [1.807, 2.05) is 0 Å². The number of aryl methyl sites for hydroxylation is 1. The van der Waals surface area contributed by atoms with Gasteiger partial charge in [-0.2, -0.15) is 0 Å². The van der Waals surface area contributed by atoms with Crippen molar-refractivity contribution in [1.82, 2.24) is 0 Å². The molecule has 1 aromatic rings. The third-order valence-corrected chi connectivity index (χ3v) is 5.65. The Morgan fingerprint density at radius 3 is 2.47 bits per heavy atom. The van der Waals surface area contributed by atoms with E-state index in [4.69, 9.17) is 18.9 Å². The number of benzene rings is 1. The van der Waals surface area contributed by atoms with Gasteiger partial charge in [0.1, 0.15) is 29.7 Å². The van der Waals surface area contributed by atoms with Crippen LogP contribution in [0, 0.1) is 0 Å². The molecule has 180 valence electrons. The lowest BCUT2D eigenvalue weighted by molar-refractivity contribution is -0.277. The molecule has 0 radical (unpaired) electrons. The minimum atomic E-state index is -1.87. The molecular formula is C21H30O11. The highest BCUT2D eigenvalue weighted by atomic mass is 16.7. The fourth-order valence-electron chi connectivity index (χ4n) is 3.50. The largest absolute Gasteiger partial charge is 0.508 e. The Bertz CT molecular complexity index is 757. The fourth-order valence-corrected chi connectivity index (χ4v) is 3.50. The van der Waals surface area contributed by atoms with Crippen molar-refractivity contribution in [3.8, 4) is 5.75 Å². The summed E-state index contributed by atoms with van der Waals surface area (Å²) in [5.74, 6) is -0.723. The number of hydrogen-bond donors (Lipinski definition) is 6. The summed E-state index contributed by atoms with van der Waals surface area (Å²) in [4.78, 5) is 12.3. The highest BCUT2D eigenvalue weighted by Crippen LogP contribution is 2.27. The Morgan fingerprint density at radius 2 is 1.84 bits per heavy atom. The second-order valence-electron chi connectivity index (χ2n) is 8.21. The number of phenols is 1. The average molecular weight is 458 g/mol. The molecule has 0 aromatic heterocycles. The maximum Gasteiger partial charge on any atom is 0.197 e. The summed E-state index contributed by atoms with van der Waals surface area (Å²) >= 11 is 0. The van der Waals surface area contributed by atoms with Crippen molar-refractivity contribution in [2.45, 2.75) is 68.5 Å². The molecule has 0 unspecified atom stereocenters. The van der Waals surface area contributed by atoms with Gasteiger partial charge in [0.2, 0.25) is 0 Å². The molecule has 2 aliphatic heterocycles. The van der Waals surface area contributed by atoms with Crippen molar-refractivity contribution in [2.24, 2.45) is 0 Å². The molecule has 0 saturated carbocycles. The Hall–Kier alpha value is -1.67. The highest BCUT2D eigenvalue weighted by Gasteiger charge is 2.50. The lowest BCUT2D eigenvalue weighted by atomic mass is 10.0. The van der Waals surface area contributed by atoms with Gasteiger partial charge in [0.15, 0.2) is 24.5 Å². The van der Waals surface area contributed by atoms with Crippen LogP contribution in [-0.4, -0.2) is 105 Å². The van der Waals surface area contributed by atoms with E-state index < -0.39 is 67.7 Å². The van der Waals surface area contributed by atoms with Crippen LogP contribution in [0.5, 0.6) is 5.75 Å². The number of Topliss-reactive ketones (excluding diaryl/α,β-unsaturated/α-hetero) is 1. The van der Waals surface area contributed by atoms with Crippen LogP contribution in [0.15, 0.2) is 24.3 Å². The van der Waals surface area contributed by atoms with Gasteiger partial charge in [-0.1, -0.05) is 12.1 Å². The lowest BCUT2D eigenvalue weighted by Crippen LogP contribution is -2.58. The van der Waals surface area contributed by atoms with Gasteiger partial charge in [-0.05, 0) is 37.5 Å². The summed E-state index contributed by atoms with van der Waals surface area (Å²) in [5, 5.41) is 58.8. The molecule has 6 N–H and O–H groups in total. The Balaban J connectivity index is 1.53. The summed E-state index contributed by atoms with van der Waals surface area (Å²) in [7, 11) is 0. The maximum absolute atomic E-state index is 12.3. The topological polar surface area (TPSA) is 175 Å². The number of carbonyl (C=O) groups is 1. The van der Waals surface area contributed by atoms with E-state index in [0.29, 0.717) is 12.8 Å². The van der Waals surface area contributed by atoms with E-state index in [1.165, 1.54) is 0 Å². The van der Waals surface area contributed by atoms with Gasteiger partial charge < -0.3 is 49.6 Å². The van der Waals surface area contributed by atoms with E-state index in [2.05, 4.69) is 0 Å². The summed E-state index contributed by atoms with van der Waals surface area (Å²) in [5.41, 5.74) is -0.902. The monoisotopic (exact) mass is 458 g/mol. The number of aliphatic hydroxyl groups excluding tert-OH is 4. The quantitative estimate of drug-likeness (QED) is 0.246. The minimum Gasteiger partial charge on any atom is -0.508 e. The predicted octanol–water partition coefficient (Wildman–Crippen LogP) is -1.80. The molecule has 2 fully saturated rings.